The number of hydrogen-bond acceptors (Lipinski definition) is 6. The molecule has 0 unspecified atom stereocenters. The monoisotopic (exact) mass is 403 g/mol. The zero-order chi connectivity index (χ0) is 21.1. The molecule has 0 radical (unpaired) electrons. The molecule has 1 aromatic heterocycles. The second-order valence-electron chi connectivity index (χ2n) is 7.59. The first-order valence-corrected chi connectivity index (χ1v) is 9.96. The Balaban J connectivity index is 1.55. The topological polar surface area (TPSA) is 81.6 Å². The molecule has 154 valence electrons. The highest BCUT2D eigenvalue weighted by atomic mass is 16.3. The first-order valence-electron chi connectivity index (χ1n) is 9.96. The van der Waals surface area contributed by atoms with E-state index in [-0.39, 0.29) is 11.7 Å². The molecule has 7 nitrogen and oxygen atoms in total. The lowest BCUT2D eigenvalue weighted by Gasteiger charge is -2.32. The van der Waals surface area contributed by atoms with E-state index in [9.17, 15) is 9.90 Å². The number of rotatable bonds is 4. The molecule has 1 saturated heterocycles. The van der Waals surface area contributed by atoms with E-state index in [2.05, 4.69) is 27.2 Å². The summed E-state index contributed by atoms with van der Waals surface area (Å²) in [5, 5.41) is 12.8. The normalized spacial score (nSPS) is 14.5. The van der Waals surface area contributed by atoms with Gasteiger partial charge < -0.3 is 20.2 Å². The number of carbonyl (C=O) groups is 1. The molecule has 4 rings (SSSR count). The van der Waals surface area contributed by atoms with E-state index < -0.39 is 0 Å². The maximum absolute atomic E-state index is 12.9. The fourth-order valence-corrected chi connectivity index (χ4v) is 3.42. The molecule has 0 spiro atoms. The van der Waals surface area contributed by atoms with Crippen LogP contribution in [0.2, 0.25) is 0 Å². The number of nitrogens with zero attached hydrogens (tertiary/aromatic N) is 4. The molecule has 1 amide bonds. The Bertz CT molecular complexity index is 1040. The van der Waals surface area contributed by atoms with E-state index in [1.54, 1.807) is 36.7 Å². The molecule has 0 atom stereocenters. The average molecular weight is 403 g/mol. The Morgan fingerprint density at radius 3 is 2.50 bits per heavy atom. The van der Waals surface area contributed by atoms with Crippen molar-refractivity contribution in [2.24, 2.45) is 0 Å². The minimum Gasteiger partial charge on any atom is -0.508 e. The van der Waals surface area contributed by atoms with Crippen LogP contribution >= 0.6 is 0 Å². The lowest BCUT2D eigenvalue weighted by molar-refractivity contribution is 0.0664. The fraction of sp³-hybridized carbons (Fsp3) is 0.261. The number of carbonyl (C=O) groups excluding carboxylic acids is 1. The predicted molar refractivity (Wildman–Crippen MR) is 117 cm³/mol. The van der Waals surface area contributed by atoms with Crippen LogP contribution in [0.5, 0.6) is 5.75 Å². The highest BCUT2D eigenvalue weighted by Gasteiger charge is 2.21. The standard InChI is InChI=1S/C23H25N5O2/c1-16-3-4-18(23(30)28-11-9-27(2)10-12-28)13-20(16)25-22-15-24-14-21(26-22)17-5-7-19(29)8-6-17/h3-8,13-15,29H,9-12H2,1-2H3,(H,25,26). The van der Waals surface area contributed by atoms with Crippen molar-refractivity contribution >= 4 is 17.4 Å². The Kier molecular flexibility index (Phi) is 5.63. The summed E-state index contributed by atoms with van der Waals surface area (Å²) in [7, 11) is 2.07. The summed E-state index contributed by atoms with van der Waals surface area (Å²) < 4.78 is 0. The quantitative estimate of drug-likeness (QED) is 0.696. The zero-order valence-electron chi connectivity index (χ0n) is 17.2. The SMILES string of the molecule is Cc1ccc(C(=O)N2CCN(C)CC2)cc1Nc1cncc(-c2ccc(O)cc2)n1. The molecule has 1 aliphatic heterocycles. The molecule has 2 N–H and O–H groups in total. The number of phenolic OH excluding ortho intramolecular Hbond substituents is 1. The molecular weight excluding hydrogens is 378 g/mol. The number of phenols is 1. The summed E-state index contributed by atoms with van der Waals surface area (Å²) in [6.07, 6.45) is 3.33. The number of piperazine rings is 1. The number of aryl methyl sites for hydroxylation is 1. The van der Waals surface area contributed by atoms with Gasteiger partial charge in [0.1, 0.15) is 11.6 Å². The lowest BCUT2D eigenvalue weighted by atomic mass is 10.1. The predicted octanol–water partition coefficient (Wildman–Crippen LogP) is 3.29. The summed E-state index contributed by atoms with van der Waals surface area (Å²) in [5.41, 5.74) is 4.06. The third kappa shape index (κ3) is 4.41. The fourth-order valence-electron chi connectivity index (χ4n) is 3.42. The molecule has 1 aliphatic rings. The average Bonchev–Trinajstić information content (AvgIpc) is 2.76. The van der Waals surface area contributed by atoms with E-state index in [1.807, 2.05) is 30.0 Å². The van der Waals surface area contributed by atoms with Gasteiger partial charge in [0, 0.05) is 43.0 Å². The van der Waals surface area contributed by atoms with Gasteiger partial charge in [-0.15, -0.1) is 0 Å². The van der Waals surface area contributed by atoms with Crippen molar-refractivity contribution in [2.45, 2.75) is 6.92 Å². The van der Waals surface area contributed by atoms with Gasteiger partial charge in [0.25, 0.3) is 5.91 Å². The summed E-state index contributed by atoms with van der Waals surface area (Å²) >= 11 is 0. The summed E-state index contributed by atoms with van der Waals surface area (Å²) in [4.78, 5) is 26.0. The Hall–Kier alpha value is -3.45. The molecule has 1 fully saturated rings. The van der Waals surface area contributed by atoms with Crippen molar-refractivity contribution in [3.8, 4) is 17.0 Å². The second-order valence-corrected chi connectivity index (χ2v) is 7.59. The third-order valence-electron chi connectivity index (χ3n) is 5.34. The molecule has 2 heterocycles. The van der Waals surface area contributed by atoms with Crippen LogP contribution in [0.1, 0.15) is 15.9 Å². The minimum atomic E-state index is 0.0510. The first kappa shape index (κ1) is 19.8. The molecule has 0 bridgehead atoms. The first-order chi connectivity index (χ1) is 14.5. The van der Waals surface area contributed by atoms with Gasteiger partial charge in [-0.25, -0.2) is 4.98 Å². The van der Waals surface area contributed by atoms with E-state index in [1.165, 1.54) is 0 Å². The molecule has 7 heteroatoms. The van der Waals surface area contributed by atoms with Crippen molar-refractivity contribution in [3.05, 3.63) is 66.0 Å². The molecule has 0 aliphatic carbocycles. The number of benzene rings is 2. The molecule has 0 saturated carbocycles. The maximum Gasteiger partial charge on any atom is 0.254 e. The second kappa shape index (κ2) is 8.51. The number of nitrogens with one attached hydrogen (secondary N) is 1. The summed E-state index contributed by atoms with van der Waals surface area (Å²) in [5.74, 6) is 0.849. The Morgan fingerprint density at radius 1 is 1.03 bits per heavy atom. The largest absolute Gasteiger partial charge is 0.508 e. The van der Waals surface area contributed by atoms with Crippen LogP contribution in [0.25, 0.3) is 11.3 Å². The zero-order valence-corrected chi connectivity index (χ0v) is 17.2. The number of aromatic hydroxyl groups is 1. The highest BCUT2D eigenvalue weighted by molar-refractivity contribution is 5.95. The van der Waals surface area contributed by atoms with Crippen molar-refractivity contribution in [3.63, 3.8) is 0 Å². The lowest BCUT2D eigenvalue weighted by Crippen LogP contribution is -2.47. The third-order valence-corrected chi connectivity index (χ3v) is 5.34. The van der Waals surface area contributed by atoms with E-state index in [4.69, 9.17) is 0 Å². The van der Waals surface area contributed by atoms with Gasteiger partial charge in [-0.3, -0.25) is 9.78 Å². The van der Waals surface area contributed by atoms with Gasteiger partial charge >= 0.3 is 0 Å². The Labute approximate surface area is 176 Å². The van der Waals surface area contributed by atoms with Crippen LogP contribution in [-0.2, 0) is 0 Å². The van der Waals surface area contributed by atoms with Crippen molar-refractivity contribution < 1.29 is 9.90 Å². The van der Waals surface area contributed by atoms with Gasteiger partial charge in [-0.05, 0) is 55.9 Å². The molecular formula is C23H25N5O2. The van der Waals surface area contributed by atoms with Gasteiger partial charge in [-0.1, -0.05) is 6.07 Å². The summed E-state index contributed by atoms with van der Waals surface area (Å²) in [6, 6.07) is 12.5. The van der Waals surface area contributed by atoms with Crippen LogP contribution in [0.3, 0.4) is 0 Å². The maximum atomic E-state index is 12.9. The van der Waals surface area contributed by atoms with Crippen LogP contribution in [0.4, 0.5) is 11.5 Å². The van der Waals surface area contributed by atoms with Gasteiger partial charge in [0.15, 0.2) is 0 Å². The number of anilines is 2. The van der Waals surface area contributed by atoms with E-state index >= 15 is 0 Å². The van der Waals surface area contributed by atoms with Gasteiger partial charge in [0.05, 0.1) is 18.1 Å². The number of amides is 1. The minimum absolute atomic E-state index is 0.0510. The van der Waals surface area contributed by atoms with E-state index in [0.717, 1.165) is 43.0 Å². The summed E-state index contributed by atoms with van der Waals surface area (Å²) in [6.45, 7) is 5.26. The highest BCUT2D eigenvalue weighted by Crippen LogP contribution is 2.24. The number of aromatic nitrogens is 2. The molecule has 3 aromatic rings. The van der Waals surface area contributed by atoms with Crippen LogP contribution in [0, 0.1) is 6.92 Å². The van der Waals surface area contributed by atoms with Crippen molar-refractivity contribution in [2.75, 3.05) is 38.5 Å². The van der Waals surface area contributed by atoms with E-state index in [0.29, 0.717) is 17.1 Å². The van der Waals surface area contributed by atoms with Crippen LogP contribution < -0.4 is 5.32 Å². The number of hydrogen-bond donors (Lipinski definition) is 2. The Morgan fingerprint density at radius 2 is 1.77 bits per heavy atom. The van der Waals surface area contributed by atoms with Crippen molar-refractivity contribution in [1.29, 1.82) is 0 Å². The van der Waals surface area contributed by atoms with Crippen molar-refractivity contribution in [1.82, 2.24) is 19.8 Å². The molecule has 30 heavy (non-hydrogen) atoms. The van der Waals surface area contributed by atoms with Gasteiger partial charge in [-0.2, -0.15) is 0 Å². The van der Waals surface area contributed by atoms with Gasteiger partial charge in [0.2, 0.25) is 0 Å². The van der Waals surface area contributed by atoms with Crippen LogP contribution in [0.15, 0.2) is 54.9 Å². The smallest absolute Gasteiger partial charge is 0.254 e. The molecule has 2 aromatic carbocycles. The van der Waals surface area contributed by atoms with Crippen LogP contribution in [-0.4, -0.2) is 64.0 Å². The number of likely N-dealkylation sites (N-methyl/N-ethyl adjacent to an activating group) is 1.